The molecule has 0 heterocycles. The molecular formula is C13H11BrClN. The molecule has 1 N–H and O–H groups in total. The molecule has 2 rings (SSSR count). The summed E-state index contributed by atoms with van der Waals surface area (Å²) in [5, 5.41) is 3.33. The van der Waals surface area contributed by atoms with E-state index in [4.69, 9.17) is 11.6 Å². The molecule has 82 valence electrons. The highest BCUT2D eigenvalue weighted by Gasteiger charge is 1.96. The van der Waals surface area contributed by atoms with Gasteiger partial charge in [0.1, 0.15) is 0 Å². The Kier molecular flexibility index (Phi) is 3.86. The highest BCUT2D eigenvalue weighted by atomic mass is 79.9. The van der Waals surface area contributed by atoms with Crippen molar-refractivity contribution in [2.45, 2.75) is 5.88 Å². The molecule has 0 fully saturated rings. The van der Waals surface area contributed by atoms with Crippen LogP contribution in [-0.2, 0) is 5.88 Å². The first-order chi connectivity index (χ1) is 7.78. The van der Waals surface area contributed by atoms with Crippen LogP contribution in [0.4, 0.5) is 11.4 Å². The summed E-state index contributed by atoms with van der Waals surface area (Å²) in [7, 11) is 0. The second kappa shape index (κ2) is 5.37. The Bertz CT molecular complexity index is 485. The number of alkyl halides is 1. The average Bonchev–Trinajstić information content (AvgIpc) is 2.29. The Labute approximate surface area is 109 Å². The van der Waals surface area contributed by atoms with Gasteiger partial charge < -0.3 is 5.32 Å². The molecule has 0 unspecified atom stereocenters. The zero-order valence-corrected chi connectivity index (χ0v) is 10.9. The lowest BCUT2D eigenvalue weighted by Gasteiger charge is -2.07. The summed E-state index contributed by atoms with van der Waals surface area (Å²) in [5.74, 6) is 0.536. The lowest BCUT2D eigenvalue weighted by molar-refractivity contribution is 1.39. The summed E-state index contributed by atoms with van der Waals surface area (Å²) < 4.78 is 1.06. The predicted octanol–water partition coefficient (Wildman–Crippen LogP) is 4.93. The van der Waals surface area contributed by atoms with Gasteiger partial charge in [0.25, 0.3) is 0 Å². The molecule has 0 atom stereocenters. The molecule has 3 heteroatoms. The SMILES string of the molecule is ClCc1cccc(Nc2cccc(Br)c2)c1. The van der Waals surface area contributed by atoms with E-state index in [0.717, 1.165) is 21.4 Å². The third kappa shape index (κ3) is 3.00. The fourth-order valence-electron chi connectivity index (χ4n) is 1.47. The van der Waals surface area contributed by atoms with Gasteiger partial charge in [0.2, 0.25) is 0 Å². The van der Waals surface area contributed by atoms with Gasteiger partial charge >= 0.3 is 0 Å². The van der Waals surface area contributed by atoms with Gasteiger partial charge in [-0.3, -0.25) is 0 Å². The highest BCUT2D eigenvalue weighted by molar-refractivity contribution is 9.10. The minimum absolute atomic E-state index is 0.536. The first-order valence-electron chi connectivity index (χ1n) is 4.95. The number of benzene rings is 2. The van der Waals surface area contributed by atoms with Crippen molar-refractivity contribution in [2.24, 2.45) is 0 Å². The van der Waals surface area contributed by atoms with Gasteiger partial charge in [0, 0.05) is 21.7 Å². The van der Waals surface area contributed by atoms with Crippen molar-refractivity contribution in [3.63, 3.8) is 0 Å². The van der Waals surface area contributed by atoms with Crippen LogP contribution in [0.1, 0.15) is 5.56 Å². The van der Waals surface area contributed by atoms with Crippen LogP contribution in [0.3, 0.4) is 0 Å². The minimum Gasteiger partial charge on any atom is -0.355 e. The lowest BCUT2D eigenvalue weighted by atomic mass is 10.2. The Balaban J connectivity index is 2.20. The number of hydrogen-bond donors (Lipinski definition) is 1. The Morgan fingerprint density at radius 3 is 2.38 bits per heavy atom. The fourth-order valence-corrected chi connectivity index (χ4v) is 2.03. The third-order valence-corrected chi connectivity index (χ3v) is 3.00. The van der Waals surface area contributed by atoms with Crippen LogP contribution in [0.15, 0.2) is 53.0 Å². The zero-order valence-electron chi connectivity index (χ0n) is 8.58. The molecule has 0 radical (unpaired) electrons. The summed E-state index contributed by atoms with van der Waals surface area (Å²) in [6.45, 7) is 0. The van der Waals surface area contributed by atoms with Crippen molar-refractivity contribution in [3.8, 4) is 0 Å². The first kappa shape index (κ1) is 11.5. The smallest absolute Gasteiger partial charge is 0.0474 e. The van der Waals surface area contributed by atoms with E-state index >= 15 is 0 Å². The number of hydrogen-bond acceptors (Lipinski definition) is 1. The molecule has 16 heavy (non-hydrogen) atoms. The Morgan fingerprint density at radius 2 is 1.69 bits per heavy atom. The normalized spacial score (nSPS) is 10.1. The number of rotatable bonds is 3. The largest absolute Gasteiger partial charge is 0.355 e. The van der Waals surface area contributed by atoms with Crippen LogP contribution < -0.4 is 5.32 Å². The topological polar surface area (TPSA) is 12.0 Å². The van der Waals surface area contributed by atoms with Crippen molar-refractivity contribution in [3.05, 3.63) is 58.6 Å². The monoisotopic (exact) mass is 295 g/mol. The van der Waals surface area contributed by atoms with E-state index in [-0.39, 0.29) is 0 Å². The second-order valence-corrected chi connectivity index (χ2v) is 4.65. The van der Waals surface area contributed by atoms with Crippen LogP contribution in [0.25, 0.3) is 0 Å². The second-order valence-electron chi connectivity index (χ2n) is 3.47. The molecule has 0 aliphatic rings. The quantitative estimate of drug-likeness (QED) is 0.792. The third-order valence-electron chi connectivity index (χ3n) is 2.19. The van der Waals surface area contributed by atoms with Gasteiger partial charge in [-0.05, 0) is 35.9 Å². The van der Waals surface area contributed by atoms with Crippen LogP contribution in [0.5, 0.6) is 0 Å². The maximum atomic E-state index is 5.79. The molecule has 0 aromatic heterocycles. The van der Waals surface area contributed by atoms with Crippen molar-refractivity contribution in [1.82, 2.24) is 0 Å². The predicted molar refractivity (Wildman–Crippen MR) is 73.4 cm³/mol. The van der Waals surface area contributed by atoms with Crippen molar-refractivity contribution in [2.75, 3.05) is 5.32 Å². The maximum absolute atomic E-state index is 5.79. The molecule has 1 nitrogen and oxygen atoms in total. The van der Waals surface area contributed by atoms with Crippen molar-refractivity contribution >= 4 is 38.9 Å². The molecule has 0 saturated heterocycles. The maximum Gasteiger partial charge on any atom is 0.0474 e. The summed E-state index contributed by atoms with van der Waals surface area (Å²) in [5.41, 5.74) is 3.22. The van der Waals surface area contributed by atoms with Crippen LogP contribution in [0, 0.1) is 0 Å². The lowest BCUT2D eigenvalue weighted by Crippen LogP contribution is -1.90. The molecule has 0 saturated carbocycles. The molecule has 0 aliphatic carbocycles. The van der Waals surface area contributed by atoms with Gasteiger partial charge in [-0.1, -0.05) is 34.1 Å². The first-order valence-corrected chi connectivity index (χ1v) is 6.28. The van der Waals surface area contributed by atoms with Crippen LogP contribution >= 0.6 is 27.5 Å². The molecule has 2 aromatic rings. The molecule has 0 bridgehead atoms. The summed E-state index contributed by atoms with van der Waals surface area (Å²) in [6.07, 6.45) is 0. The Hall–Kier alpha value is -0.990. The van der Waals surface area contributed by atoms with Crippen molar-refractivity contribution < 1.29 is 0 Å². The van der Waals surface area contributed by atoms with Crippen molar-refractivity contribution in [1.29, 1.82) is 0 Å². The summed E-state index contributed by atoms with van der Waals surface area (Å²) in [6, 6.07) is 16.1. The fraction of sp³-hybridized carbons (Fsp3) is 0.0769. The van der Waals surface area contributed by atoms with Gasteiger partial charge in [0.15, 0.2) is 0 Å². The van der Waals surface area contributed by atoms with E-state index in [0.29, 0.717) is 5.88 Å². The van der Waals surface area contributed by atoms with Crippen LogP contribution in [0.2, 0.25) is 0 Å². The molecule has 0 aliphatic heterocycles. The van der Waals surface area contributed by atoms with E-state index in [9.17, 15) is 0 Å². The average molecular weight is 297 g/mol. The van der Waals surface area contributed by atoms with Crippen LogP contribution in [-0.4, -0.2) is 0 Å². The number of anilines is 2. The van der Waals surface area contributed by atoms with E-state index in [2.05, 4.69) is 21.2 Å². The van der Waals surface area contributed by atoms with Gasteiger partial charge in [-0.2, -0.15) is 0 Å². The van der Waals surface area contributed by atoms with Gasteiger partial charge in [-0.25, -0.2) is 0 Å². The zero-order chi connectivity index (χ0) is 11.4. The van der Waals surface area contributed by atoms with Gasteiger partial charge in [0.05, 0.1) is 0 Å². The van der Waals surface area contributed by atoms with E-state index in [1.807, 2.05) is 48.5 Å². The summed E-state index contributed by atoms with van der Waals surface area (Å²) in [4.78, 5) is 0. The highest BCUT2D eigenvalue weighted by Crippen LogP contribution is 2.21. The van der Waals surface area contributed by atoms with E-state index in [1.165, 1.54) is 0 Å². The Morgan fingerprint density at radius 1 is 1.00 bits per heavy atom. The number of nitrogens with one attached hydrogen (secondary N) is 1. The molecule has 2 aromatic carbocycles. The molecule has 0 amide bonds. The van der Waals surface area contributed by atoms with E-state index < -0.39 is 0 Å². The van der Waals surface area contributed by atoms with Gasteiger partial charge in [-0.15, -0.1) is 11.6 Å². The number of halogens is 2. The molecular weight excluding hydrogens is 286 g/mol. The standard InChI is InChI=1S/C13H11BrClN/c14-11-4-2-6-13(8-11)16-12-5-1-3-10(7-12)9-15/h1-8,16H,9H2. The van der Waals surface area contributed by atoms with E-state index in [1.54, 1.807) is 0 Å². The minimum atomic E-state index is 0.536. The molecule has 0 spiro atoms. The summed E-state index contributed by atoms with van der Waals surface area (Å²) >= 11 is 9.23.